The summed E-state index contributed by atoms with van der Waals surface area (Å²) >= 11 is 5.79. The number of carbonyl (C=O) groups is 1. The zero-order chi connectivity index (χ0) is 18.4. The maximum absolute atomic E-state index is 11.9. The molecule has 0 aliphatic heterocycles. The number of nitrogens with zero attached hydrogens (tertiary/aromatic N) is 1. The number of hydrogen-bond donors (Lipinski definition) is 1. The van der Waals surface area contributed by atoms with Crippen molar-refractivity contribution in [2.24, 2.45) is 0 Å². The van der Waals surface area contributed by atoms with Crippen LogP contribution in [-0.4, -0.2) is 28.7 Å². The molecule has 0 saturated carbocycles. The maximum atomic E-state index is 11.9. The molecule has 2 unspecified atom stereocenters. The van der Waals surface area contributed by atoms with E-state index in [4.69, 9.17) is 21.1 Å². The molecule has 0 aliphatic carbocycles. The third-order valence-electron chi connectivity index (χ3n) is 3.31. The molecule has 0 radical (unpaired) electrons. The number of hydrogen-bond acceptors (Lipinski definition) is 6. The van der Waals surface area contributed by atoms with Gasteiger partial charge in [0.1, 0.15) is 0 Å². The number of esters is 1. The van der Waals surface area contributed by atoms with E-state index in [1.54, 1.807) is 37.3 Å². The van der Waals surface area contributed by atoms with E-state index in [0.717, 1.165) is 6.07 Å². The fourth-order valence-electron chi connectivity index (χ4n) is 2.18. The lowest BCUT2D eigenvalue weighted by Crippen LogP contribution is -2.33. The van der Waals surface area contributed by atoms with Gasteiger partial charge in [0.05, 0.1) is 11.5 Å². The number of ether oxygens (including phenoxy) is 2. The first-order valence-electron chi connectivity index (χ1n) is 7.44. The second kappa shape index (κ2) is 8.46. The molecule has 8 heteroatoms. The van der Waals surface area contributed by atoms with Crippen molar-refractivity contribution in [3.63, 3.8) is 0 Å². The average Bonchev–Trinajstić information content (AvgIpc) is 2.61. The molecular weight excluding hydrogens is 350 g/mol. The Labute approximate surface area is 148 Å². The van der Waals surface area contributed by atoms with Gasteiger partial charge in [-0.15, -0.1) is 0 Å². The van der Waals surface area contributed by atoms with Crippen LogP contribution in [0.2, 0.25) is 5.02 Å². The van der Waals surface area contributed by atoms with Crippen LogP contribution in [0.15, 0.2) is 48.5 Å². The van der Waals surface area contributed by atoms with E-state index in [1.165, 1.54) is 12.1 Å². The Hall–Kier alpha value is -2.64. The van der Waals surface area contributed by atoms with Gasteiger partial charge in [0.25, 0.3) is 0 Å². The second-order valence-corrected chi connectivity index (χ2v) is 5.45. The highest BCUT2D eigenvalue weighted by atomic mass is 35.5. The summed E-state index contributed by atoms with van der Waals surface area (Å²) in [5, 5.41) is 21.7. The van der Waals surface area contributed by atoms with Gasteiger partial charge in [-0.05, 0) is 24.6 Å². The van der Waals surface area contributed by atoms with Gasteiger partial charge < -0.3 is 14.6 Å². The Morgan fingerprint density at radius 3 is 2.56 bits per heavy atom. The molecule has 0 saturated heterocycles. The molecule has 1 N–H and O–H groups in total. The lowest BCUT2D eigenvalue weighted by molar-refractivity contribution is -0.386. The Morgan fingerprint density at radius 2 is 1.96 bits per heavy atom. The van der Waals surface area contributed by atoms with E-state index < -0.39 is 23.1 Å². The molecule has 2 atom stereocenters. The van der Waals surface area contributed by atoms with Crippen LogP contribution in [0.4, 0.5) is 5.69 Å². The Bertz CT molecular complexity index is 752. The minimum Gasteiger partial charge on any atom is -0.475 e. The number of carbonyl (C=O) groups excluding carboxylic acids is 1. The van der Waals surface area contributed by atoms with Crippen LogP contribution in [0.25, 0.3) is 0 Å². The molecule has 0 aromatic heterocycles. The van der Waals surface area contributed by atoms with Gasteiger partial charge in [-0.25, -0.2) is 4.79 Å². The standard InChI is InChI=1S/C17H16ClNO6/c1-2-24-17(21)15(20)16(11-6-4-3-5-7-11)25-14-9-8-12(18)10-13(14)19(22)23/h3-10,15-16,20H,2H2,1H3. The Kier molecular flexibility index (Phi) is 6.32. The minimum absolute atomic E-state index is 0.0818. The van der Waals surface area contributed by atoms with Crippen molar-refractivity contribution < 1.29 is 24.3 Å². The highest BCUT2D eigenvalue weighted by Crippen LogP contribution is 2.34. The SMILES string of the molecule is CCOC(=O)C(O)C(Oc1ccc(Cl)cc1[N+](=O)[O-])c1ccccc1. The number of halogens is 1. The molecule has 0 fully saturated rings. The van der Waals surface area contributed by atoms with Gasteiger partial charge in [0, 0.05) is 11.1 Å². The van der Waals surface area contributed by atoms with E-state index in [2.05, 4.69) is 0 Å². The second-order valence-electron chi connectivity index (χ2n) is 5.02. The van der Waals surface area contributed by atoms with Crippen LogP contribution >= 0.6 is 11.6 Å². The minimum atomic E-state index is -1.65. The zero-order valence-electron chi connectivity index (χ0n) is 13.3. The van der Waals surface area contributed by atoms with Gasteiger partial charge in [0.15, 0.2) is 18.0 Å². The summed E-state index contributed by atoms with van der Waals surface area (Å²) in [6, 6.07) is 12.3. The van der Waals surface area contributed by atoms with Crippen molar-refractivity contribution in [3.8, 4) is 5.75 Å². The molecule has 25 heavy (non-hydrogen) atoms. The van der Waals surface area contributed by atoms with Crippen LogP contribution in [-0.2, 0) is 9.53 Å². The number of nitro benzene ring substituents is 1. The van der Waals surface area contributed by atoms with Crippen LogP contribution in [0, 0.1) is 10.1 Å². The van der Waals surface area contributed by atoms with Crippen LogP contribution in [0.5, 0.6) is 5.75 Å². The third kappa shape index (κ3) is 4.68. The van der Waals surface area contributed by atoms with Crippen molar-refractivity contribution in [1.82, 2.24) is 0 Å². The van der Waals surface area contributed by atoms with Crippen molar-refractivity contribution in [1.29, 1.82) is 0 Å². The Morgan fingerprint density at radius 1 is 1.28 bits per heavy atom. The number of nitro groups is 1. The smallest absolute Gasteiger partial charge is 0.339 e. The lowest BCUT2D eigenvalue weighted by Gasteiger charge is -2.23. The monoisotopic (exact) mass is 365 g/mol. The van der Waals surface area contributed by atoms with Gasteiger partial charge >= 0.3 is 11.7 Å². The molecule has 132 valence electrons. The number of rotatable bonds is 7. The molecule has 0 spiro atoms. The Balaban J connectivity index is 2.41. The van der Waals surface area contributed by atoms with Crippen molar-refractivity contribution in [2.75, 3.05) is 6.61 Å². The van der Waals surface area contributed by atoms with Crippen LogP contribution < -0.4 is 4.74 Å². The van der Waals surface area contributed by atoms with Crippen LogP contribution in [0.1, 0.15) is 18.6 Å². The normalized spacial score (nSPS) is 12.9. The van der Waals surface area contributed by atoms with E-state index in [9.17, 15) is 20.0 Å². The highest BCUT2D eigenvalue weighted by molar-refractivity contribution is 6.30. The third-order valence-corrected chi connectivity index (χ3v) is 3.55. The van der Waals surface area contributed by atoms with Crippen LogP contribution in [0.3, 0.4) is 0 Å². The van der Waals surface area contributed by atoms with E-state index in [-0.39, 0.29) is 23.1 Å². The average molecular weight is 366 g/mol. The number of aliphatic hydroxyl groups is 1. The molecule has 0 aliphatic rings. The first-order chi connectivity index (χ1) is 11.9. The molecule has 2 aromatic rings. The van der Waals surface area contributed by atoms with Crippen molar-refractivity contribution in [3.05, 3.63) is 69.2 Å². The topological polar surface area (TPSA) is 98.9 Å². The summed E-state index contributed by atoms with van der Waals surface area (Å²) in [6.45, 7) is 1.69. The zero-order valence-corrected chi connectivity index (χ0v) is 14.1. The number of benzene rings is 2. The van der Waals surface area contributed by atoms with E-state index >= 15 is 0 Å². The first-order valence-corrected chi connectivity index (χ1v) is 7.82. The van der Waals surface area contributed by atoms with Gasteiger partial charge in [-0.3, -0.25) is 10.1 Å². The van der Waals surface area contributed by atoms with E-state index in [0.29, 0.717) is 5.56 Å². The quantitative estimate of drug-likeness (QED) is 0.459. The molecule has 0 heterocycles. The number of aliphatic hydroxyl groups excluding tert-OH is 1. The summed E-state index contributed by atoms with van der Waals surface area (Å²) < 4.78 is 10.4. The summed E-state index contributed by atoms with van der Waals surface area (Å²) in [6.07, 6.45) is -2.84. The largest absolute Gasteiger partial charge is 0.475 e. The summed E-state index contributed by atoms with van der Waals surface area (Å²) in [7, 11) is 0. The van der Waals surface area contributed by atoms with Crippen molar-refractivity contribution >= 4 is 23.3 Å². The van der Waals surface area contributed by atoms with Gasteiger partial charge in [-0.2, -0.15) is 0 Å². The maximum Gasteiger partial charge on any atom is 0.339 e. The van der Waals surface area contributed by atoms with Gasteiger partial charge in [-0.1, -0.05) is 41.9 Å². The molecule has 2 rings (SSSR count). The lowest BCUT2D eigenvalue weighted by atomic mass is 10.0. The van der Waals surface area contributed by atoms with Crippen molar-refractivity contribution in [2.45, 2.75) is 19.1 Å². The molecular formula is C17H16ClNO6. The fraction of sp³-hybridized carbons (Fsp3) is 0.235. The first kappa shape index (κ1) is 18.7. The molecule has 0 amide bonds. The predicted octanol–water partition coefficient (Wildman–Crippen LogP) is 3.29. The summed E-state index contributed by atoms with van der Waals surface area (Å²) in [4.78, 5) is 22.5. The summed E-state index contributed by atoms with van der Waals surface area (Å²) in [5.74, 6) is -1.00. The molecule has 7 nitrogen and oxygen atoms in total. The fourth-order valence-corrected chi connectivity index (χ4v) is 2.34. The molecule has 0 bridgehead atoms. The van der Waals surface area contributed by atoms with E-state index in [1.807, 2.05) is 0 Å². The predicted molar refractivity (Wildman–Crippen MR) is 90.6 cm³/mol. The van der Waals surface area contributed by atoms with Gasteiger partial charge in [0.2, 0.25) is 0 Å². The highest BCUT2D eigenvalue weighted by Gasteiger charge is 2.32. The summed E-state index contributed by atoms with van der Waals surface area (Å²) in [5.41, 5.74) is 0.0943. The molecule has 2 aromatic carbocycles.